The number of ether oxygens (including phenoxy) is 1. The first-order valence-electron chi connectivity index (χ1n) is 6.40. The lowest BCUT2D eigenvalue weighted by molar-refractivity contribution is 0.0607. The molecule has 0 unspecified atom stereocenters. The van der Waals surface area contributed by atoms with E-state index in [-0.39, 0.29) is 5.97 Å². The van der Waals surface area contributed by atoms with E-state index in [4.69, 9.17) is 10.5 Å². The van der Waals surface area contributed by atoms with Gasteiger partial charge in [0.2, 0.25) is 0 Å². The summed E-state index contributed by atoms with van der Waals surface area (Å²) in [4.78, 5) is 15.5. The summed E-state index contributed by atoms with van der Waals surface area (Å²) in [5, 5.41) is 1.08. The Kier molecular flexibility index (Phi) is 6.51. The van der Waals surface area contributed by atoms with Crippen LogP contribution in [0, 0.1) is 0 Å². The molecule has 0 aromatic carbocycles. The molecule has 1 heterocycles. The van der Waals surface area contributed by atoms with Crippen molar-refractivity contribution in [2.75, 3.05) is 37.1 Å². The van der Waals surface area contributed by atoms with Gasteiger partial charge in [-0.3, -0.25) is 0 Å². The predicted molar refractivity (Wildman–Crippen MR) is 84.6 cm³/mol. The molecule has 0 aliphatic rings. The highest BCUT2D eigenvalue weighted by Gasteiger charge is 2.23. The third-order valence-corrected chi connectivity index (χ3v) is 5.10. The van der Waals surface area contributed by atoms with Crippen LogP contribution in [0.3, 0.4) is 0 Å². The lowest BCUT2D eigenvalue weighted by atomic mass is 10.3. The van der Waals surface area contributed by atoms with E-state index < -0.39 is 0 Å². The first-order chi connectivity index (χ1) is 9.10. The van der Waals surface area contributed by atoms with Gasteiger partial charge >= 0.3 is 5.97 Å². The zero-order valence-electron chi connectivity index (χ0n) is 12.0. The second-order valence-electron chi connectivity index (χ2n) is 4.11. The number of nitrogen functional groups attached to an aromatic ring is 1. The monoisotopic (exact) mass is 302 g/mol. The summed E-state index contributed by atoms with van der Waals surface area (Å²) in [7, 11) is 1.38. The van der Waals surface area contributed by atoms with Gasteiger partial charge in [-0.15, -0.1) is 23.1 Å². The molecule has 0 aliphatic carbocycles. The van der Waals surface area contributed by atoms with Crippen LogP contribution < -0.4 is 10.6 Å². The molecule has 1 aromatic heterocycles. The van der Waals surface area contributed by atoms with Crippen LogP contribution in [0.4, 0.5) is 10.7 Å². The van der Waals surface area contributed by atoms with Crippen molar-refractivity contribution in [1.82, 2.24) is 0 Å². The molecule has 0 saturated carbocycles. The molecular formula is C13H22N2O2S2. The molecule has 19 heavy (non-hydrogen) atoms. The van der Waals surface area contributed by atoms with Crippen LogP contribution in [0.1, 0.15) is 36.4 Å². The van der Waals surface area contributed by atoms with E-state index in [1.54, 1.807) is 11.8 Å². The smallest absolute Gasteiger partial charge is 0.350 e. The Bertz CT molecular complexity index is 433. The Morgan fingerprint density at radius 2 is 2.16 bits per heavy atom. The standard InChI is InChI=1S/C13H22N2O2S2/c1-5-7-8-15(6-2)12-10(18-4)9(14)11(19-12)13(16)17-3/h5-8,14H2,1-4H3. The molecule has 0 spiro atoms. The number of carbonyl (C=O) groups is 1. The molecule has 0 aliphatic heterocycles. The number of anilines is 2. The number of hydrogen-bond donors (Lipinski definition) is 1. The number of hydrogen-bond acceptors (Lipinski definition) is 6. The molecule has 0 amide bonds. The van der Waals surface area contributed by atoms with Crippen molar-refractivity contribution in [2.24, 2.45) is 0 Å². The van der Waals surface area contributed by atoms with Crippen LogP contribution in [0.2, 0.25) is 0 Å². The third-order valence-electron chi connectivity index (χ3n) is 2.91. The Morgan fingerprint density at radius 1 is 1.47 bits per heavy atom. The minimum atomic E-state index is -0.351. The molecule has 108 valence electrons. The fourth-order valence-corrected chi connectivity index (χ4v) is 4.01. The third kappa shape index (κ3) is 3.57. The second-order valence-corrected chi connectivity index (χ2v) is 5.92. The van der Waals surface area contributed by atoms with Crippen LogP contribution in [-0.4, -0.2) is 32.4 Å². The van der Waals surface area contributed by atoms with Gasteiger partial charge in [0.05, 0.1) is 17.7 Å². The average molecular weight is 302 g/mol. The Hall–Kier alpha value is -0.880. The number of unbranched alkanes of at least 4 members (excludes halogenated alkanes) is 1. The molecule has 0 bridgehead atoms. The van der Waals surface area contributed by atoms with Crippen LogP contribution >= 0.6 is 23.1 Å². The van der Waals surface area contributed by atoms with Crippen molar-refractivity contribution in [3.8, 4) is 0 Å². The molecule has 6 heteroatoms. The Balaban J connectivity index is 3.14. The van der Waals surface area contributed by atoms with E-state index in [1.165, 1.54) is 18.4 Å². The van der Waals surface area contributed by atoms with Gasteiger partial charge in [-0.05, 0) is 19.6 Å². The van der Waals surface area contributed by atoms with Crippen molar-refractivity contribution in [1.29, 1.82) is 0 Å². The second kappa shape index (κ2) is 7.65. The number of thioether (sulfide) groups is 1. The molecule has 0 atom stereocenters. The normalized spacial score (nSPS) is 10.5. The lowest BCUT2D eigenvalue weighted by Crippen LogP contribution is -2.23. The summed E-state index contributed by atoms with van der Waals surface area (Å²) in [5.41, 5.74) is 6.62. The quantitative estimate of drug-likeness (QED) is 0.617. The summed E-state index contributed by atoms with van der Waals surface area (Å²) >= 11 is 3.02. The zero-order chi connectivity index (χ0) is 14.4. The van der Waals surface area contributed by atoms with Crippen molar-refractivity contribution < 1.29 is 9.53 Å². The Labute approximate surface area is 123 Å². The minimum absolute atomic E-state index is 0.351. The fraction of sp³-hybridized carbons (Fsp3) is 0.615. The first-order valence-corrected chi connectivity index (χ1v) is 8.44. The Morgan fingerprint density at radius 3 is 2.63 bits per heavy atom. The molecule has 1 aromatic rings. The van der Waals surface area contributed by atoms with E-state index in [9.17, 15) is 4.79 Å². The largest absolute Gasteiger partial charge is 0.465 e. The van der Waals surface area contributed by atoms with Crippen LogP contribution in [0.15, 0.2) is 4.90 Å². The summed E-state index contributed by atoms with van der Waals surface area (Å²) in [6, 6.07) is 0. The van der Waals surface area contributed by atoms with Gasteiger partial charge in [-0.1, -0.05) is 13.3 Å². The molecular weight excluding hydrogens is 280 g/mol. The molecule has 0 radical (unpaired) electrons. The van der Waals surface area contributed by atoms with Crippen molar-refractivity contribution in [3.05, 3.63) is 4.88 Å². The maximum Gasteiger partial charge on any atom is 0.350 e. The van der Waals surface area contributed by atoms with Crippen molar-refractivity contribution >= 4 is 39.8 Å². The highest BCUT2D eigenvalue weighted by Crippen LogP contribution is 2.44. The molecule has 0 fully saturated rings. The minimum Gasteiger partial charge on any atom is -0.465 e. The highest BCUT2D eigenvalue weighted by molar-refractivity contribution is 7.99. The summed E-state index contributed by atoms with van der Waals surface area (Å²) in [5.74, 6) is -0.351. The number of esters is 1. The van der Waals surface area contributed by atoms with Crippen LogP contribution in [-0.2, 0) is 4.74 Å². The maximum atomic E-state index is 11.7. The number of nitrogens with two attached hydrogens (primary N) is 1. The van der Waals surface area contributed by atoms with E-state index in [0.29, 0.717) is 10.6 Å². The van der Waals surface area contributed by atoms with Crippen LogP contribution in [0.25, 0.3) is 0 Å². The topological polar surface area (TPSA) is 55.6 Å². The molecule has 4 nitrogen and oxygen atoms in total. The van der Waals surface area contributed by atoms with E-state index in [1.807, 2.05) is 6.26 Å². The highest BCUT2D eigenvalue weighted by atomic mass is 32.2. The van der Waals surface area contributed by atoms with Gasteiger partial charge in [-0.2, -0.15) is 0 Å². The summed E-state index contributed by atoms with van der Waals surface area (Å²) in [6.07, 6.45) is 4.26. The number of methoxy groups -OCH3 is 1. The van der Waals surface area contributed by atoms with Gasteiger partial charge < -0.3 is 15.4 Å². The van der Waals surface area contributed by atoms with Gasteiger partial charge in [0, 0.05) is 13.1 Å². The van der Waals surface area contributed by atoms with E-state index in [2.05, 4.69) is 18.7 Å². The predicted octanol–water partition coefficient (Wildman–Crippen LogP) is 3.47. The van der Waals surface area contributed by atoms with E-state index >= 15 is 0 Å². The first kappa shape index (κ1) is 16.2. The summed E-state index contributed by atoms with van der Waals surface area (Å²) < 4.78 is 4.79. The van der Waals surface area contributed by atoms with Gasteiger partial charge in [0.15, 0.2) is 0 Å². The molecule has 2 N–H and O–H groups in total. The number of nitrogens with zero attached hydrogens (tertiary/aromatic N) is 1. The van der Waals surface area contributed by atoms with Gasteiger partial charge in [0.25, 0.3) is 0 Å². The van der Waals surface area contributed by atoms with E-state index in [0.717, 1.165) is 35.8 Å². The summed E-state index contributed by atoms with van der Waals surface area (Å²) in [6.45, 7) is 6.19. The fourth-order valence-electron chi connectivity index (χ4n) is 1.82. The zero-order valence-corrected chi connectivity index (χ0v) is 13.6. The average Bonchev–Trinajstić information content (AvgIpc) is 2.76. The SMILES string of the molecule is CCCCN(CC)c1sc(C(=O)OC)c(N)c1SC. The van der Waals surface area contributed by atoms with Gasteiger partial charge in [0.1, 0.15) is 9.88 Å². The lowest BCUT2D eigenvalue weighted by Gasteiger charge is -2.22. The molecule has 0 saturated heterocycles. The van der Waals surface area contributed by atoms with Crippen molar-refractivity contribution in [2.45, 2.75) is 31.6 Å². The molecule has 1 rings (SSSR count). The van der Waals surface area contributed by atoms with Gasteiger partial charge in [-0.25, -0.2) is 4.79 Å². The number of rotatable bonds is 7. The number of carbonyl (C=O) groups excluding carboxylic acids is 1. The maximum absolute atomic E-state index is 11.7. The van der Waals surface area contributed by atoms with Crippen molar-refractivity contribution in [3.63, 3.8) is 0 Å². The number of thiophene rings is 1. The van der Waals surface area contributed by atoms with Crippen LogP contribution in [0.5, 0.6) is 0 Å².